The second-order valence-corrected chi connectivity index (χ2v) is 5.27. The normalized spacial score (nSPS) is 16.4. The van der Waals surface area contributed by atoms with Gasteiger partial charge in [0.2, 0.25) is 0 Å². The molecule has 25 heavy (non-hydrogen) atoms. The average Bonchev–Trinajstić information content (AvgIpc) is 2.98. The summed E-state index contributed by atoms with van der Waals surface area (Å²) in [5.74, 6) is 0.625. The van der Waals surface area contributed by atoms with Crippen LogP contribution in [0, 0.1) is 5.41 Å². The molecule has 8 N–H and O–H groups in total. The first kappa shape index (κ1) is 16.5. The van der Waals surface area contributed by atoms with Crippen LogP contribution in [0.4, 0.5) is 11.5 Å². The summed E-state index contributed by atoms with van der Waals surface area (Å²) in [7, 11) is 0. The summed E-state index contributed by atoms with van der Waals surface area (Å²) < 4.78 is 1.51. The smallest absolute Gasteiger partial charge is 0.183 e. The molecule has 3 rings (SSSR count). The Morgan fingerprint density at radius 2 is 2.08 bits per heavy atom. The van der Waals surface area contributed by atoms with Gasteiger partial charge in [0.05, 0.1) is 36.9 Å². The second-order valence-electron chi connectivity index (χ2n) is 5.27. The molecule has 2 aromatic rings. The molecule has 0 spiro atoms. The van der Waals surface area contributed by atoms with E-state index < -0.39 is 6.04 Å². The summed E-state index contributed by atoms with van der Waals surface area (Å²) in [5, 5.41) is 33.1. The zero-order valence-electron chi connectivity index (χ0n) is 13.1. The van der Waals surface area contributed by atoms with Crippen LogP contribution in [0.1, 0.15) is 0 Å². The molecule has 130 valence electrons. The molecule has 0 radical (unpaired) electrons. The number of rotatable bonds is 4. The standard InChI is InChI=1S/C14H17N9O2/c15-8-3-9(16)13(22-12(8)19-7(5-24)6-25)20-10-4-18-23-2-1-11(17)21-14(10)23/h1-4,7,15,24-25H,5-6,16H2,(H2,17,21)(H,19,20,22). The summed E-state index contributed by atoms with van der Waals surface area (Å²) in [6.07, 6.45) is 4.53. The zero-order valence-corrected chi connectivity index (χ0v) is 13.1. The number of amidine groups is 2. The largest absolute Gasteiger partial charge is 0.396 e. The number of aliphatic imine (C=N–C) groups is 2. The third-order valence-electron chi connectivity index (χ3n) is 3.41. The molecule has 1 aliphatic rings. The van der Waals surface area contributed by atoms with Crippen molar-refractivity contribution in [3.05, 3.63) is 30.2 Å². The van der Waals surface area contributed by atoms with Crippen LogP contribution >= 0.6 is 0 Å². The Balaban J connectivity index is 1.99. The summed E-state index contributed by atoms with van der Waals surface area (Å²) in [5.41, 5.74) is 12.7. The van der Waals surface area contributed by atoms with E-state index in [-0.39, 0.29) is 36.3 Å². The molecule has 0 fully saturated rings. The monoisotopic (exact) mass is 343 g/mol. The first-order valence-corrected chi connectivity index (χ1v) is 7.33. The van der Waals surface area contributed by atoms with Gasteiger partial charge >= 0.3 is 0 Å². The number of hydrogen-bond acceptors (Lipinski definition) is 9. The van der Waals surface area contributed by atoms with Crippen molar-refractivity contribution in [3.8, 4) is 0 Å². The lowest BCUT2D eigenvalue weighted by Crippen LogP contribution is -2.45. The van der Waals surface area contributed by atoms with E-state index in [1.54, 1.807) is 12.3 Å². The molecular weight excluding hydrogens is 326 g/mol. The van der Waals surface area contributed by atoms with Gasteiger partial charge in [-0.2, -0.15) is 5.10 Å². The summed E-state index contributed by atoms with van der Waals surface area (Å²) in [6, 6.07) is 0.962. The van der Waals surface area contributed by atoms with Crippen molar-refractivity contribution in [1.29, 1.82) is 5.41 Å². The van der Waals surface area contributed by atoms with Gasteiger partial charge in [-0.05, 0) is 12.1 Å². The number of aromatic nitrogens is 3. The molecule has 0 amide bonds. The van der Waals surface area contributed by atoms with Crippen molar-refractivity contribution in [2.45, 2.75) is 6.04 Å². The first-order chi connectivity index (χ1) is 12.0. The number of aliphatic hydroxyl groups excluding tert-OH is 2. The van der Waals surface area contributed by atoms with Gasteiger partial charge in [-0.3, -0.25) is 5.41 Å². The Morgan fingerprint density at radius 3 is 2.80 bits per heavy atom. The lowest BCUT2D eigenvalue weighted by Gasteiger charge is -2.19. The SMILES string of the molecule is N=C1C=C(N)/C(=N/c2cnn3ccc(N)nc23)N=C1NC(CO)CO. The van der Waals surface area contributed by atoms with Crippen LogP contribution in [0.5, 0.6) is 0 Å². The molecule has 3 heterocycles. The topological polar surface area (TPSA) is 183 Å². The number of nitrogens with zero attached hydrogens (tertiary/aromatic N) is 5. The van der Waals surface area contributed by atoms with Crippen molar-refractivity contribution < 1.29 is 10.2 Å². The molecule has 11 nitrogen and oxygen atoms in total. The maximum Gasteiger partial charge on any atom is 0.183 e. The van der Waals surface area contributed by atoms with Crippen molar-refractivity contribution >= 4 is 34.5 Å². The van der Waals surface area contributed by atoms with E-state index in [4.69, 9.17) is 27.1 Å². The number of nitrogens with one attached hydrogen (secondary N) is 2. The molecule has 11 heteroatoms. The van der Waals surface area contributed by atoms with Crippen LogP contribution in [0.25, 0.3) is 5.65 Å². The quantitative estimate of drug-likeness (QED) is 0.392. The number of aliphatic hydroxyl groups is 2. The van der Waals surface area contributed by atoms with E-state index in [0.717, 1.165) is 0 Å². The van der Waals surface area contributed by atoms with Gasteiger partial charge in [0, 0.05) is 6.20 Å². The molecule has 0 aliphatic carbocycles. The molecule has 2 aromatic heterocycles. The molecule has 0 atom stereocenters. The number of anilines is 1. The summed E-state index contributed by atoms with van der Waals surface area (Å²) >= 11 is 0. The van der Waals surface area contributed by atoms with Gasteiger partial charge in [0.25, 0.3) is 0 Å². The lowest BCUT2D eigenvalue weighted by molar-refractivity contribution is 0.184. The predicted molar refractivity (Wildman–Crippen MR) is 93.0 cm³/mol. The van der Waals surface area contributed by atoms with E-state index in [0.29, 0.717) is 17.2 Å². The predicted octanol–water partition coefficient (Wildman–Crippen LogP) is -1.44. The maximum absolute atomic E-state index is 9.16. The Labute approximate surface area is 141 Å². The molecule has 0 aromatic carbocycles. The lowest BCUT2D eigenvalue weighted by atomic mass is 10.2. The van der Waals surface area contributed by atoms with Crippen molar-refractivity contribution in [2.24, 2.45) is 15.7 Å². The fourth-order valence-corrected chi connectivity index (χ4v) is 2.12. The van der Waals surface area contributed by atoms with Crippen LogP contribution < -0.4 is 16.8 Å². The Hall–Kier alpha value is -3.31. The van der Waals surface area contributed by atoms with Gasteiger partial charge in [-0.1, -0.05) is 0 Å². The van der Waals surface area contributed by atoms with E-state index in [9.17, 15) is 0 Å². The molecule has 1 aliphatic heterocycles. The van der Waals surface area contributed by atoms with Crippen molar-refractivity contribution in [3.63, 3.8) is 0 Å². The Bertz CT molecular complexity index is 908. The molecule has 0 saturated heterocycles. The fourth-order valence-electron chi connectivity index (χ4n) is 2.12. The van der Waals surface area contributed by atoms with Gasteiger partial charge in [0.15, 0.2) is 17.3 Å². The van der Waals surface area contributed by atoms with Crippen molar-refractivity contribution in [2.75, 3.05) is 18.9 Å². The van der Waals surface area contributed by atoms with Crippen LogP contribution in [0.3, 0.4) is 0 Å². The van der Waals surface area contributed by atoms with Gasteiger partial charge in [-0.15, -0.1) is 0 Å². The third kappa shape index (κ3) is 3.32. The second kappa shape index (κ2) is 6.67. The van der Waals surface area contributed by atoms with Crippen LogP contribution in [-0.2, 0) is 0 Å². The minimum Gasteiger partial charge on any atom is -0.396 e. The average molecular weight is 343 g/mol. The molecule has 0 saturated carbocycles. The van der Waals surface area contributed by atoms with Crippen LogP contribution in [0.2, 0.25) is 0 Å². The van der Waals surface area contributed by atoms with Gasteiger partial charge in [0.1, 0.15) is 11.5 Å². The number of dihydropyridines is 1. The van der Waals surface area contributed by atoms with E-state index in [2.05, 4.69) is 25.4 Å². The Kier molecular flexibility index (Phi) is 4.41. The van der Waals surface area contributed by atoms with E-state index in [1.807, 2.05) is 0 Å². The number of nitrogens with two attached hydrogens (primary N) is 2. The highest BCUT2D eigenvalue weighted by Gasteiger charge is 2.19. The highest BCUT2D eigenvalue weighted by Crippen LogP contribution is 2.20. The minimum absolute atomic E-state index is 0.0191. The maximum atomic E-state index is 9.16. The number of hydrogen-bond donors (Lipinski definition) is 6. The van der Waals surface area contributed by atoms with E-state index in [1.165, 1.54) is 16.8 Å². The van der Waals surface area contributed by atoms with Crippen LogP contribution in [-0.4, -0.2) is 61.4 Å². The third-order valence-corrected chi connectivity index (χ3v) is 3.41. The molecule has 0 unspecified atom stereocenters. The highest BCUT2D eigenvalue weighted by atomic mass is 16.3. The van der Waals surface area contributed by atoms with Gasteiger partial charge < -0.3 is 27.0 Å². The van der Waals surface area contributed by atoms with Gasteiger partial charge in [-0.25, -0.2) is 19.5 Å². The molecular formula is C14H17N9O2. The fraction of sp³-hybridized carbons (Fsp3) is 0.214. The van der Waals surface area contributed by atoms with Crippen LogP contribution in [0.15, 0.2) is 40.2 Å². The first-order valence-electron chi connectivity index (χ1n) is 7.33. The zero-order chi connectivity index (χ0) is 18.0. The summed E-state index contributed by atoms with van der Waals surface area (Å²) in [4.78, 5) is 12.7. The van der Waals surface area contributed by atoms with Crippen molar-refractivity contribution in [1.82, 2.24) is 19.9 Å². The number of fused-ring (bicyclic) bond motifs is 1. The highest BCUT2D eigenvalue weighted by molar-refractivity contribution is 6.48. The molecule has 0 bridgehead atoms. The number of nitrogen functional groups attached to an aromatic ring is 1. The van der Waals surface area contributed by atoms with E-state index >= 15 is 0 Å². The Morgan fingerprint density at radius 1 is 1.32 bits per heavy atom. The summed E-state index contributed by atoms with van der Waals surface area (Å²) in [6.45, 7) is -0.628. The minimum atomic E-state index is -0.647.